The van der Waals surface area contributed by atoms with Crippen molar-refractivity contribution in [3.05, 3.63) is 35.2 Å². The third-order valence-electron chi connectivity index (χ3n) is 3.02. The molecule has 2 heteroatoms. The van der Waals surface area contributed by atoms with Crippen molar-refractivity contribution in [1.29, 1.82) is 0 Å². The summed E-state index contributed by atoms with van der Waals surface area (Å²) >= 11 is 1.80. The summed E-state index contributed by atoms with van der Waals surface area (Å²) in [6, 6.07) is 8.92. The van der Waals surface area contributed by atoms with E-state index in [1.165, 1.54) is 28.5 Å². The summed E-state index contributed by atoms with van der Waals surface area (Å²) in [5.41, 5.74) is 7.57. The molecule has 0 radical (unpaired) electrons. The van der Waals surface area contributed by atoms with Gasteiger partial charge in [0.25, 0.3) is 0 Å². The molecule has 1 heterocycles. The summed E-state index contributed by atoms with van der Waals surface area (Å²) in [5, 5.41) is 3.50. The van der Waals surface area contributed by atoms with Crippen molar-refractivity contribution in [3.8, 4) is 0 Å². The fourth-order valence-corrected chi connectivity index (χ4v) is 2.84. The van der Waals surface area contributed by atoms with Crippen LogP contribution in [-0.2, 0) is 0 Å². The van der Waals surface area contributed by atoms with Gasteiger partial charge in [0.15, 0.2) is 0 Å². The normalized spacial score (nSPS) is 18.6. The van der Waals surface area contributed by atoms with E-state index in [9.17, 15) is 0 Å². The smallest absolute Gasteiger partial charge is 0.0346 e. The molecule has 72 valence electrons. The van der Waals surface area contributed by atoms with E-state index in [1.807, 2.05) is 0 Å². The molecule has 1 nitrogen and oxygen atoms in total. The van der Waals surface area contributed by atoms with E-state index in [-0.39, 0.29) is 6.04 Å². The van der Waals surface area contributed by atoms with Gasteiger partial charge in [-0.2, -0.15) is 0 Å². The van der Waals surface area contributed by atoms with Crippen LogP contribution in [-0.4, -0.2) is 0 Å². The van der Waals surface area contributed by atoms with E-state index in [4.69, 9.17) is 5.73 Å². The van der Waals surface area contributed by atoms with Gasteiger partial charge in [0, 0.05) is 10.7 Å². The molecule has 1 aliphatic carbocycles. The Kier molecular flexibility index (Phi) is 1.85. The minimum absolute atomic E-state index is 0.258. The number of benzene rings is 1. The minimum Gasteiger partial charge on any atom is -0.324 e. The molecule has 1 unspecified atom stereocenters. The van der Waals surface area contributed by atoms with Gasteiger partial charge in [0.1, 0.15) is 0 Å². The molecule has 1 saturated carbocycles. The number of thiophene rings is 1. The molecular weight excluding hydrogens is 190 g/mol. The van der Waals surface area contributed by atoms with Crippen LogP contribution in [0.1, 0.15) is 24.4 Å². The lowest BCUT2D eigenvalue weighted by atomic mass is 10.00. The second kappa shape index (κ2) is 3.07. The summed E-state index contributed by atoms with van der Waals surface area (Å²) in [7, 11) is 0. The highest BCUT2D eigenvalue weighted by atomic mass is 32.1. The fourth-order valence-electron chi connectivity index (χ4n) is 2.02. The molecule has 0 amide bonds. The Morgan fingerprint density at radius 1 is 1.29 bits per heavy atom. The van der Waals surface area contributed by atoms with Crippen LogP contribution in [0, 0.1) is 5.92 Å². The maximum Gasteiger partial charge on any atom is 0.0346 e. The Hall–Kier alpha value is -0.860. The van der Waals surface area contributed by atoms with Crippen LogP contribution in [0.2, 0.25) is 0 Å². The molecule has 2 aromatic rings. The molecule has 1 atom stereocenters. The molecule has 0 aliphatic heterocycles. The molecule has 14 heavy (non-hydrogen) atoms. The molecule has 2 N–H and O–H groups in total. The van der Waals surface area contributed by atoms with Crippen molar-refractivity contribution in [2.75, 3.05) is 0 Å². The third kappa shape index (κ3) is 1.26. The van der Waals surface area contributed by atoms with E-state index in [1.54, 1.807) is 11.3 Å². The highest BCUT2D eigenvalue weighted by Gasteiger charge is 2.30. The summed E-state index contributed by atoms with van der Waals surface area (Å²) in [6.45, 7) is 0. The second-order valence-corrected chi connectivity index (χ2v) is 4.99. The van der Waals surface area contributed by atoms with E-state index < -0.39 is 0 Å². The van der Waals surface area contributed by atoms with Crippen LogP contribution in [0.5, 0.6) is 0 Å². The number of nitrogens with two attached hydrogens (primary N) is 1. The lowest BCUT2D eigenvalue weighted by Gasteiger charge is -2.11. The van der Waals surface area contributed by atoms with Crippen molar-refractivity contribution >= 4 is 21.4 Å². The fraction of sp³-hybridized carbons (Fsp3) is 0.333. The Morgan fingerprint density at radius 2 is 2.14 bits per heavy atom. The SMILES string of the molecule is NC(c1cccc2sccc12)C1CC1. The Bertz CT molecular complexity index is 456. The van der Waals surface area contributed by atoms with Crippen LogP contribution < -0.4 is 5.73 Å². The van der Waals surface area contributed by atoms with E-state index >= 15 is 0 Å². The first-order valence-electron chi connectivity index (χ1n) is 5.08. The van der Waals surface area contributed by atoms with Crippen molar-refractivity contribution in [1.82, 2.24) is 0 Å². The predicted molar refractivity (Wildman–Crippen MR) is 61.5 cm³/mol. The summed E-state index contributed by atoms with van der Waals surface area (Å²) in [5.74, 6) is 0.737. The topological polar surface area (TPSA) is 26.0 Å². The highest BCUT2D eigenvalue weighted by molar-refractivity contribution is 7.17. The van der Waals surface area contributed by atoms with Gasteiger partial charge in [-0.1, -0.05) is 12.1 Å². The lowest BCUT2D eigenvalue weighted by molar-refractivity contribution is 0.638. The summed E-state index contributed by atoms with van der Waals surface area (Å²) < 4.78 is 1.36. The van der Waals surface area contributed by atoms with Crippen molar-refractivity contribution in [2.45, 2.75) is 18.9 Å². The number of fused-ring (bicyclic) bond motifs is 1. The maximum atomic E-state index is 6.23. The summed E-state index contributed by atoms with van der Waals surface area (Å²) in [6.07, 6.45) is 2.61. The molecule has 0 saturated heterocycles. The molecule has 1 aromatic heterocycles. The first-order chi connectivity index (χ1) is 6.86. The van der Waals surface area contributed by atoms with Gasteiger partial charge in [-0.3, -0.25) is 0 Å². The monoisotopic (exact) mass is 203 g/mol. The molecule has 3 rings (SSSR count). The van der Waals surface area contributed by atoms with E-state index in [0.717, 1.165) is 5.92 Å². The summed E-state index contributed by atoms with van der Waals surface area (Å²) in [4.78, 5) is 0. The van der Waals surface area contributed by atoms with Crippen molar-refractivity contribution in [3.63, 3.8) is 0 Å². The predicted octanol–water partition coefficient (Wildman–Crippen LogP) is 3.31. The average molecular weight is 203 g/mol. The molecule has 1 aromatic carbocycles. The van der Waals surface area contributed by atoms with Crippen LogP contribution >= 0.6 is 11.3 Å². The third-order valence-corrected chi connectivity index (χ3v) is 3.90. The number of hydrogen-bond donors (Lipinski definition) is 1. The highest BCUT2D eigenvalue weighted by Crippen LogP contribution is 2.41. The van der Waals surface area contributed by atoms with E-state index in [0.29, 0.717) is 0 Å². The zero-order chi connectivity index (χ0) is 9.54. The minimum atomic E-state index is 0.258. The quantitative estimate of drug-likeness (QED) is 0.796. The Morgan fingerprint density at radius 3 is 2.93 bits per heavy atom. The van der Waals surface area contributed by atoms with Crippen LogP contribution in [0.3, 0.4) is 0 Å². The van der Waals surface area contributed by atoms with Crippen LogP contribution in [0.4, 0.5) is 0 Å². The number of rotatable bonds is 2. The van der Waals surface area contributed by atoms with E-state index in [2.05, 4.69) is 29.6 Å². The second-order valence-electron chi connectivity index (χ2n) is 4.04. The molecule has 1 aliphatic rings. The number of hydrogen-bond acceptors (Lipinski definition) is 2. The Labute approximate surface area is 87.5 Å². The van der Waals surface area contributed by atoms with Crippen LogP contribution in [0.25, 0.3) is 10.1 Å². The van der Waals surface area contributed by atoms with Gasteiger partial charge in [0.05, 0.1) is 0 Å². The Balaban J connectivity index is 2.14. The van der Waals surface area contributed by atoms with Gasteiger partial charge < -0.3 is 5.73 Å². The zero-order valence-corrected chi connectivity index (χ0v) is 8.76. The molecule has 0 spiro atoms. The average Bonchev–Trinajstić information content (AvgIpc) is 2.94. The van der Waals surface area contributed by atoms with Crippen molar-refractivity contribution < 1.29 is 0 Å². The molecular formula is C12H13NS. The zero-order valence-electron chi connectivity index (χ0n) is 7.94. The van der Waals surface area contributed by atoms with Crippen LogP contribution in [0.15, 0.2) is 29.6 Å². The lowest BCUT2D eigenvalue weighted by Crippen LogP contribution is -2.12. The van der Waals surface area contributed by atoms with Gasteiger partial charge in [0.2, 0.25) is 0 Å². The maximum absolute atomic E-state index is 6.23. The first kappa shape index (κ1) is 8.45. The molecule has 1 fully saturated rings. The van der Waals surface area contributed by atoms with Gasteiger partial charge >= 0.3 is 0 Å². The van der Waals surface area contributed by atoms with Gasteiger partial charge in [-0.05, 0) is 47.2 Å². The first-order valence-corrected chi connectivity index (χ1v) is 5.96. The van der Waals surface area contributed by atoms with Gasteiger partial charge in [-0.25, -0.2) is 0 Å². The van der Waals surface area contributed by atoms with Gasteiger partial charge in [-0.15, -0.1) is 11.3 Å². The standard InChI is InChI=1S/C12H13NS/c13-12(8-4-5-8)10-2-1-3-11-9(10)6-7-14-11/h1-3,6-8,12H,4-5,13H2. The van der Waals surface area contributed by atoms with Crippen molar-refractivity contribution in [2.24, 2.45) is 11.7 Å². The largest absolute Gasteiger partial charge is 0.324 e. The molecule has 0 bridgehead atoms.